The Morgan fingerprint density at radius 1 is 1.47 bits per heavy atom. The van der Waals surface area contributed by atoms with Gasteiger partial charge in [-0.15, -0.1) is 0 Å². The third-order valence-corrected chi connectivity index (χ3v) is 3.49. The highest BCUT2D eigenvalue weighted by atomic mass is 79.9. The first-order valence-electron chi connectivity index (χ1n) is 6.03. The van der Waals surface area contributed by atoms with E-state index in [-0.39, 0.29) is 18.3 Å². The molecular weight excluding hydrogens is 280 g/mol. The van der Waals surface area contributed by atoms with Crippen LogP contribution in [0.2, 0.25) is 0 Å². The Morgan fingerprint density at radius 3 is 2.76 bits per heavy atom. The second-order valence-corrected chi connectivity index (χ2v) is 5.78. The van der Waals surface area contributed by atoms with Crippen molar-refractivity contribution in [3.63, 3.8) is 0 Å². The Balaban J connectivity index is 2.05. The van der Waals surface area contributed by atoms with Gasteiger partial charge >= 0.3 is 0 Å². The molecule has 0 heterocycles. The standard InChI is InChI=1S/C14H17BrO2/c1-9(2)12-7-11(15)5-6-14(12)17-8-13(16)10-3-4-10/h5-7,9-10H,3-4,8H2,1-2H3. The number of halogens is 1. The van der Waals surface area contributed by atoms with Gasteiger partial charge in [0.2, 0.25) is 0 Å². The van der Waals surface area contributed by atoms with E-state index in [1.165, 1.54) is 0 Å². The smallest absolute Gasteiger partial charge is 0.173 e. The molecule has 2 nitrogen and oxygen atoms in total. The van der Waals surface area contributed by atoms with Crippen LogP contribution < -0.4 is 4.74 Å². The lowest BCUT2D eigenvalue weighted by molar-refractivity contribution is -0.122. The van der Waals surface area contributed by atoms with Gasteiger partial charge < -0.3 is 4.74 Å². The summed E-state index contributed by atoms with van der Waals surface area (Å²) in [7, 11) is 0. The Hall–Kier alpha value is -0.830. The molecule has 0 saturated heterocycles. The minimum absolute atomic E-state index is 0.214. The SMILES string of the molecule is CC(C)c1cc(Br)ccc1OCC(=O)C1CC1. The summed E-state index contributed by atoms with van der Waals surface area (Å²) >= 11 is 3.46. The van der Waals surface area contributed by atoms with Crippen LogP contribution in [0.4, 0.5) is 0 Å². The summed E-state index contributed by atoms with van der Waals surface area (Å²) in [4.78, 5) is 11.6. The maximum absolute atomic E-state index is 11.6. The van der Waals surface area contributed by atoms with E-state index in [2.05, 4.69) is 35.8 Å². The van der Waals surface area contributed by atoms with E-state index in [0.717, 1.165) is 28.6 Å². The summed E-state index contributed by atoms with van der Waals surface area (Å²) in [5.41, 5.74) is 1.14. The van der Waals surface area contributed by atoms with E-state index < -0.39 is 0 Å². The number of carbonyl (C=O) groups is 1. The van der Waals surface area contributed by atoms with Crippen molar-refractivity contribution in [2.24, 2.45) is 5.92 Å². The number of hydrogen-bond acceptors (Lipinski definition) is 2. The lowest BCUT2D eigenvalue weighted by atomic mass is 10.0. The van der Waals surface area contributed by atoms with Gasteiger partial charge in [0.05, 0.1) is 0 Å². The highest BCUT2D eigenvalue weighted by Crippen LogP contribution is 2.32. The van der Waals surface area contributed by atoms with Gasteiger partial charge in [0.15, 0.2) is 5.78 Å². The van der Waals surface area contributed by atoms with Gasteiger partial charge in [-0.25, -0.2) is 0 Å². The fourth-order valence-corrected chi connectivity index (χ4v) is 2.15. The second kappa shape index (κ2) is 5.21. The molecule has 0 aromatic heterocycles. The number of rotatable bonds is 5. The molecule has 0 N–H and O–H groups in total. The average Bonchev–Trinajstić information content (AvgIpc) is 3.10. The maximum Gasteiger partial charge on any atom is 0.173 e. The molecule has 1 fully saturated rings. The molecule has 1 aliphatic rings. The monoisotopic (exact) mass is 296 g/mol. The summed E-state index contributed by atoms with van der Waals surface area (Å²) in [5.74, 6) is 1.73. The molecule has 2 rings (SSSR count). The quantitative estimate of drug-likeness (QED) is 0.823. The van der Waals surface area contributed by atoms with Crippen molar-refractivity contribution in [2.75, 3.05) is 6.61 Å². The van der Waals surface area contributed by atoms with E-state index in [1.807, 2.05) is 12.1 Å². The van der Waals surface area contributed by atoms with Gasteiger partial charge in [0, 0.05) is 10.4 Å². The molecule has 0 amide bonds. The average molecular weight is 297 g/mol. The molecule has 17 heavy (non-hydrogen) atoms. The highest BCUT2D eigenvalue weighted by Gasteiger charge is 2.29. The lowest BCUT2D eigenvalue weighted by Gasteiger charge is -2.14. The number of Topliss-reactive ketones (excluding diaryl/α,β-unsaturated/α-hetero) is 1. The number of ketones is 1. The first kappa shape index (κ1) is 12.6. The van der Waals surface area contributed by atoms with E-state index in [1.54, 1.807) is 0 Å². The predicted octanol–water partition coefficient (Wildman–Crippen LogP) is 3.93. The molecule has 3 heteroatoms. The molecule has 92 valence electrons. The normalized spacial score (nSPS) is 15.1. The van der Waals surface area contributed by atoms with Gasteiger partial charge in [-0.1, -0.05) is 29.8 Å². The molecule has 0 radical (unpaired) electrons. The zero-order valence-electron chi connectivity index (χ0n) is 10.2. The first-order valence-corrected chi connectivity index (χ1v) is 6.82. The van der Waals surface area contributed by atoms with E-state index >= 15 is 0 Å². The van der Waals surface area contributed by atoms with Crippen LogP contribution in [-0.4, -0.2) is 12.4 Å². The number of carbonyl (C=O) groups excluding carboxylic acids is 1. The second-order valence-electron chi connectivity index (χ2n) is 4.87. The Bertz CT molecular complexity index is 422. The molecule has 0 atom stereocenters. The van der Waals surface area contributed by atoms with Crippen LogP contribution in [0, 0.1) is 5.92 Å². The van der Waals surface area contributed by atoms with Gasteiger partial charge in [-0.2, -0.15) is 0 Å². The van der Waals surface area contributed by atoms with Crippen molar-refractivity contribution in [3.8, 4) is 5.75 Å². The van der Waals surface area contributed by atoms with Gasteiger partial charge in [-0.05, 0) is 42.5 Å². The van der Waals surface area contributed by atoms with Crippen LogP contribution in [0.3, 0.4) is 0 Å². The Morgan fingerprint density at radius 2 is 2.18 bits per heavy atom. The van der Waals surface area contributed by atoms with Crippen LogP contribution in [0.1, 0.15) is 38.2 Å². The molecule has 1 saturated carbocycles. The molecule has 1 aromatic rings. The summed E-state index contributed by atoms with van der Waals surface area (Å²) in [6.45, 7) is 4.46. The van der Waals surface area contributed by atoms with Crippen molar-refractivity contribution in [1.82, 2.24) is 0 Å². The third-order valence-electron chi connectivity index (χ3n) is 3.00. The fourth-order valence-electron chi connectivity index (χ4n) is 1.77. The minimum Gasteiger partial charge on any atom is -0.486 e. The van der Waals surface area contributed by atoms with Crippen LogP contribution in [0.5, 0.6) is 5.75 Å². The Kier molecular flexibility index (Phi) is 3.87. The van der Waals surface area contributed by atoms with E-state index in [9.17, 15) is 4.79 Å². The summed E-state index contributed by atoms with van der Waals surface area (Å²) in [6.07, 6.45) is 2.08. The van der Waals surface area contributed by atoms with Gasteiger partial charge in [-0.3, -0.25) is 4.79 Å². The van der Waals surface area contributed by atoms with Gasteiger partial charge in [0.1, 0.15) is 12.4 Å². The van der Waals surface area contributed by atoms with Gasteiger partial charge in [0.25, 0.3) is 0 Å². The molecule has 0 unspecified atom stereocenters. The van der Waals surface area contributed by atoms with Crippen LogP contribution in [0.25, 0.3) is 0 Å². The summed E-state index contributed by atoms with van der Waals surface area (Å²) in [5, 5.41) is 0. The van der Waals surface area contributed by atoms with Crippen LogP contribution in [0.15, 0.2) is 22.7 Å². The van der Waals surface area contributed by atoms with Crippen molar-refractivity contribution in [2.45, 2.75) is 32.6 Å². The van der Waals surface area contributed by atoms with E-state index in [4.69, 9.17) is 4.74 Å². The molecule has 1 aromatic carbocycles. The molecular formula is C14H17BrO2. The van der Waals surface area contributed by atoms with Crippen molar-refractivity contribution >= 4 is 21.7 Å². The largest absolute Gasteiger partial charge is 0.486 e. The number of ether oxygens (including phenoxy) is 1. The highest BCUT2D eigenvalue weighted by molar-refractivity contribution is 9.10. The number of hydrogen-bond donors (Lipinski definition) is 0. The first-order chi connectivity index (χ1) is 8.08. The van der Waals surface area contributed by atoms with Crippen molar-refractivity contribution in [1.29, 1.82) is 0 Å². The molecule has 0 bridgehead atoms. The van der Waals surface area contributed by atoms with E-state index in [0.29, 0.717) is 5.92 Å². The fraction of sp³-hybridized carbons (Fsp3) is 0.500. The third kappa shape index (κ3) is 3.32. The molecule has 0 spiro atoms. The summed E-state index contributed by atoms with van der Waals surface area (Å²) in [6, 6.07) is 5.93. The van der Waals surface area contributed by atoms with Crippen LogP contribution >= 0.6 is 15.9 Å². The summed E-state index contributed by atoms with van der Waals surface area (Å²) < 4.78 is 6.69. The topological polar surface area (TPSA) is 26.3 Å². The van der Waals surface area contributed by atoms with Crippen LogP contribution in [-0.2, 0) is 4.79 Å². The van der Waals surface area contributed by atoms with Crippen molar-refractivity contribution < 1.29 is 9.53 Å². The Labute approximate surface area is 110 Å². The molecule has 1 aliphatic carbocycles. The zero-order chi connectivity index (χ0) is 12.4. The number of benzene rings is 1. The minimum atomic E-state index is 0.214. The lowest BCUT2D eigenvalue weighted by Crippen LogP contribution is -2.13. The van der Waals surface area contributed by atoms with Crippen molar-refractivity contribution in [3.05, 3.63) is 28.2 Å². The predicted molar refractivity (Wildman–Crippen MR) is 71.5 cm³/mol. The zero-order valence-corrected chi connectivity index (χ0v) is 11.8. The molecule has 0 aliphatic heterocycles. The maximum atomic E-state index is 11.6.